The van der Waals surface area contributed by atoms with E-state index in [4.69, 9.17) is 4.74 Å². The summed E-state index contributed by atoms with van der Waals surface area (Å²) in [6, 6.07) is 15.7. The highest BCUT2D eigenvalue weighted by Gasteiger charge is 2.19. The predicted molar refractivity (Wildman–Crippen MR) is 111 cm³/mol. The molecule has 1 aliphatic heterocycles. The number of Topliss-reactive ketones (excluding diaryl/α,β-unsaturated/α-hetero) is 1. The van der Waals surface area contributed by atoms with Gasteiger partial charge in [0, 0.05) is 44.8 Å². The van der Waals surface area contributed by atoms with Crippen molar-refractivity contribution in [1.29, 1.82) is 0 Å². The molecule has 0 bridgehead atoms. The summed E-state index contributed by atoms with van der Waals surface area (Å²) in [5.41, 5.74) is 3.32. The van der Waals surface area contributed by atoms with Gasteiger partial charge < -0.3 is 9.84 Å². The SMILES string of the molecule is CC(=O)c1ccc(OC[C@@H](O)CN2CCN(Cc3cccc(C)c3)CC2)cc1. The first-order chi connectivity index (χ1) is 13.5. The van der Waals surface area contributed by atoms with E-state index in [0.717, 1.165) is 32.7 Å². The Morgan fingerprint density at radius 2 is 1.75 bits per heavy atom. The molecule has 2 aromatic carbocycles. The smallest absolute Gasteiger partial charge is 0.159 e. The Hall–Kier alpha value is -2.21. The number of aliphatic hydroxyl groups excluding tert-OH is 1. The normalized spacial score (nSPS) is 16.7. The van der Waals surface area contributed by atoms with Crippen LogP contribution < -0.4 is 4.74 Å². The fourth-order valence-corrected chi connectivity index (χ4v) is 3.53. The second kappa shape index (κ2) is 9.82. The van der Waals surface area contributed by atoms with Gasteiger partial charge in [0.15, 0.2) is 5.78 Å². The molecule has 1 saturated heterocycles. The van der Waals surface area contributed by atoms with Crippen LogP contribution in [0.4, 0.5) is 0 Å². The van der Waals surface area contributed by atoms with E-state index in [1.54, 1.807) is 31.2 Å². The Morgan fingerprint density at radius 3 is 2.39 bits per heavy atom. The highest BCUT2D eigenvalue weighted by Crippen LogP contribution is 2.14. The van der Waals surface area contributed by atoms with Crippen molar-refractivity contribution < 1.29 is 14.6 Å². The van der Waals surface area contributed by atoms with Crippen LogP contribution in [-0.4, -0.2) is 66.1 Å². The number of ether oxygens (including phenoxy) is 1. The molecule has 1 atom stereocenters. The lowest BCUT2D eigenvalue weighted by atomic mass is 10.1. The Morgan fingerprint density at radius 1 is 1.07 bits per heavy atom. The van der Waals surface area contributed by atoms with E-state index < -0.39 is 6.10 Å². The third-order valence-corrected chi connectivity index (χ3v) is 5.13. The summed E-state index contributed by atoms with van der Waals surface area (Å²) >= 11 is 0. The monoisotopic (exact) mass is 382 g/mol. The zero-order chi connectivity index (χ0) is 19.9. The minimum atomic E-state index is -0.532. The van der Waals surface area contributed by atoms with Gasteiger partial charge in [-0.25, -0.2) is 0 Å². The largest absolute Gasteiger partial charge is 0.491 e. The Kier molecular flexibility index (Phi) is 7.20. The molecular formula is C23H30N2O3. The van der Waals surface area contributed by atoms with E-state index >= 15 is 0 Å². The fourth-order valence-electron chi connectivity index (χ4n) is 3.53. The maximum Gasteiger partial charge on any atom is 0.159 e. The van der Waals surface area contributed by atoms with Crippen molar-refractivity contribution in [1.82, 2.24) is 9.80 Å². The molecule has 28 heavy (non-hydrogen) atoms. The maximum atomic E-state index is 11.3. The topological polar surface area (TPSA) is 53.0 Å². The number of β-amino-alcohol motifs (C(OH)–C–C–N with tert-alkyl or cyclic N) is 1. The average Bonchev–Trinajstić information content (AvgIpc) is 2.68. The highest BCUT2D eigenvalue weighted by molar-refractivity contribution is 5.94. The first-order valence-corrected chi connectivity index (χ1v) is 9.92. The lowest BCUT2D eigenvalue weighted by Crippen LogP contribution is -2.48. The third-order valence-electron chi connectivity index (χ3n) is 5.13. The molecule has 0 unspecified atom stereocenters. The van der Waals surface area contributed by atoms with E-state index in [0.29, 0.717) is 17.9 Å². The van der Waals surface area contributed by atoms with Gasteiger partial charge in [0.05, 0.1) is 0 Å². The highest BCUT2D eigenvalue weighted by atomic mass is 16.5. The summed E-state index contributed by atoms with van der Waals surface area (Å²) in [7, 11) is 0. The zero-order valence-electron chi connectivity index (χ0n) is 16.8. The molecule has 0 radical (unpaired) electrons. The van der Waals surface area contributed by atoms with Crippen LogP contribution >= 0.6 is 0 Å². The van der Waals surface area contributed by atoms with Gasteiger partial charge in [-0.05, 0) is 43.7 Å². The van der Waals surface area contributed by atoms with E-state index in [2.05, 4.69) is 41.0 Å². The molecule has 0 aromatic heterocycles. The summed E-state index contributed by atoms with van der Waals surface area (Å²) in [4.78, 5) is 16.0. The van der Waals surface area contributed by atoms with Crippen molar-refractivity contribution in [2.24, 2.45) is 0 Å². The number of carbonyl (C=O) groups excluding carboxylic acids is 1. The lowest BCUT2D eigenvalue weighted by Gasteiger charge is -2.35. The molecule has 0 saturated carbocycles. The van der Waals surface area contributed by atoms with E-state index in [1.165, 1.54) is 11.1 Å². The number of ketones is 1. The van der Waals surface area contributed by atoms with E-state index in [1.807, 2.05) is 0 Å². The Balaban J connectivity index is 1.37. The summed E-state index contributed by atoms with van der Waals surface area (Å²) in [6.07, 6.45) is -0.532. The second-order valence-corrected chi connectivity index (χ2v) is 7.61. The lowest BCUT2D eigenvalue weighted by molar-refractivity contribution is 0.0446. The number of aliphatic hydroxyl groups is 1. The number of hydrogen-bond donors (Lipinski definition) is 1. The number of hydrogen-bond acceptors (Lipinski definition) is 5. The van der Waals surface area contributed by atoms with Crippen LogP contribution in [0.1, 0.15) is 28.4 Å². The summed E-state index contributed by atoms with van der Waals surface area (Å²) in [6.45, 7) is 9.45. The van der Waals surface area contributed by atoms with Crippen LogP contribution in [0.15, 0.2) is 48.5 Å². The van der Waals surface area contributed by atoms with Crippen molar-refractivity contribution in [2.75, 3.05) is 39.3 Å². The molecule has 0 amide bonds. The molecule has 5 nitrogen and oxygen atoms in total. The van der Waals surface area contributed by atoms with Gasteiger partial charge in [0.2, 0.25) is 0 Å². The first-order valence-electron chi connectivity index (χ1n) is 9.92. The second-order valence-electron chi connectivity index (χ2n) is 7.61. The Labute approximate surface area is 167 Å². The molecule has 150 valence electrons. The average molecular weight is 383 g/mol. The molecule has 5 heteroatoms. The van der Waals surface area contributed by atoms with Crippen molar-refractivity contribution in [3.8, 4) is 5.75 Å². The molecule has 1 N–H and O–H groups in total. The van der Waals surface area contributed by atoms with Crippen molar-refractivity contribution in [3.63, 3.8) is 0 Å². The fraction of sp³-hybridized carbons (Fsp3) is 0.435. The maximum absolute atomic E-state index is 11.3. The van der Waals surface area contributed by atoms with Crippen LogP contribution in [-0.2, 0) is 6.54 Å². The number of rotatable bonds is 8. The molecule has 1 fully saturated rings. The third kappa shape index (κ3) is 6.16. The molecule has 3 rings (SSSR count). The molecule has 1 heterocycles. The summed E-state index contributed by atoms with van der Waals surface area (Å²) in [5, 5.41) is 10.3. The van der Waals surface area contributed by atoms with Gasteiger partial charge in [0.1, 0.15) is 18.5 Å². The molecular weight excluding hydrogens is 352 g/mol. The van der Waals surface area contributed by atoms with Crippen molar-refractivity contribution in [3.05, 3.63) is 65.2 Å². The zero-order valence-corrected chi connectivity index (χ0v) is 16.8. The Bertz CT molecular complexity index is 768. The predicted octanol–water partition coefficient (Wildman–Crippen LogP) is 2.76. The van der Waals surface area contributed by atoms with Crippen LogP contribution in [0.3, 0.4) is 0 Å². The quantitative estimate of drug-likeness (QED) is 0.712. The van der Waals surface area contributed by atoms with Gasteiger partial charge in [0.25, 0.3) is 0 Å². The van der Waals surface area contributed by atoms with E-state index in [9.17, 15) is 9.90 Å². The van der Waals surface area contributed by atoms with Crippen LogP contribution in [0.2, 0.25) is 0 Å². The van der Waals surface area contributed by atoms with Crippen molar-refractivity contribution >= 4 is 5.78 Å². The van der Waals surface area contributed by atoms with Gasteiger partial charge in [-0.1, -0.05) is 29.8 Å². The van der Waals surface area contributed by atoms with Gasteiger partial charge in [-0.15, -0.1) is 0 Å². The van der Waals surface area contributed by atoms with Crippen LogP contribution in [0.5, 0.6) is 5.75 Å². The van der Waals surface area contributed by atoms with Gasteiger partial charge in [-0.3, -0.25) is 14.6 Å². The molecule has 0 spiro atoms. The van der Waals surface area contributed by atoms with E-state index in [-0.39, 0.29) is 12.4 Å². The van der Waals surface area contributed by atoms with Crippen LogP contribution in [0, 0.1) is 6.92 Å². The number of benzene rings is 2. The van der Waals surface area contributed by atoms with Crippen LogP contribution in [0.25, 0.3) is 0 Å². The van der Waals surface area contributed by atoms with Crippen molar-refractivity contribution in [2.45, 2.75) is 26.5 Å². The number of aryl methyl sites for hydroxylation is 1. The number of nitrogens with zero attached hydrogens (tertiary/aromatic N) is 2. The molecule has 1 aliphatic rings. The summed E-state index contributed by atoms with van der Waals surface area (Å²) in [5.74, 6) is 0.708. The minimum Gasteiger partial charge on any atom is -0.491 e. The first kappa shape index (κ1) is 20.5. The minimum absolute atomic E-state index is 0.0353. The summed E-state index contributed by atoms with van der Waals surface area (Å²) < 4.78 is 5.66. The molecule has 2 aromatic rings. The number of piperazine rings is 1. The molecule has 0 aliphatic carbocycles. The standard InChI is InChI=1S/C23H30N2O3/c1-18-4-3-5-20(14-18)15-24-10-12-25(13-11-24)16-22(27)17-28-23-8-6-21(7-9-23)19(2)26/h3-9,14,22,27H,10-13,15-17H2,1-2H3/t22-/m0/s1. The number of carbonyl (C=O) groups is 1. The van der Waals surface area contributed by atoms with Gasteiger partial charge in [-0.2, -0.15) is 0 Å². The van der Waals surface area contributed by atoms with Gasteiger partial charge >= 0.3 is 0 Å².